The third-order valence-corrected chi connectivity index (χ3v) is 4.47. The highest BCUT2D eigenvalue weighted by Crippen LogP contribution is 2.27. The van der Waals surface area contributed by atoms with Crippen molar-refractivity contribution < 1.29 is 14.2 Å². The molecular formula is C18H23N5O3. The van der Waals surface area contributed by atoms with Crippen molar-refractivity contribution in [1.29, 1.82) is 0 Å². The molecule has 1 saturated heterocycles. The molecule has 8 nitrogen and oxygen atoms in total. The topological polar surface area (TPSA) is 87.1 Å². The zero-order valence-corrected chi connectivity index (χ0v) is 14.9. The van der Waals surface area contributed by atoms with Crippen LogP contribution in [-0.2, 0) is 4.74 Å². The van der Waals surface area contributed by atoms with Crippen molar-refractivity contribution in [3.05, 3.63) is 24.4 Å². The lowest BCUT2D eigenvalue weighted by Crippen LogP contribution is -2.38. The predicted octanol–water partition coefficient (Wildman–Crippen LogP) is 1.57. The van der Waals surface area contributed by atoms with Crippen molar-refractivity contribution in [2.24, 2.45) is 0 Å². The zero-order valence-electron chi connectivity index (χ0n) is 14.9. The number of fused-ring (bicyclic) bond motifs is 3. The molecule has 8 heteroatoms. The fourth-order valence-corrected chi connectivity index (χ4v) is 3.15. The quantitative estimate of drug-likeness (QED) is 0.716. The third-order valence-electron chi connectivity index (χ3n) is 4.47. The lowest BCUT2D eigenvalue weighted by molar-refractivity contribution is 0.0322. The Bertz CT molecular complexity index is 905. The van der Waals surface area contributed by atoms with E-state index in [2.05, 4.69) is 14.9 Å². The van der Waals surface area contributed by atoms with Gasteiger partial charge in [0.05, 0.1) is 37.1 Å². The van der Waals surface area contributed by atoms with Gasteiger partial charge in [0.1, 0.15) is 23.7 Å². The van der Waals surface area contributed by atoms with Gasteiger partial charge in [-0.1, -0.05) is 0 Å². The number of morpholine rings is 1. The van der Waals surface area contributed by atoms with E-state index in [1.807, 2.05) is 29.5 Å². The van der Waals surface area contributed by atoms with E-state index in [1.54, 1.807) is 6.20 Å². The Hall–Kier alpha value is -2.58. The summed E-state index contributed by atoms with van der Waals surface area (Å²) >= 11 is 0. The van der Waals surface area contributed by atoms with Gasteiger partial charge in [-0.3, -0.25) is 9.30 Å². The Kier molecular flexibility index (Phi) is 4.77. The van der Waals surface area contributed by atoms with Crippen molar-refractivity contribution in [2.75, 3.05) is 51.8 Å². The van der Waals surface area contributed by atoms with E-state index >= 15 is 0 Å². The molecule has 0 unspecified atom stereocenters. The van der Waals surface area contributed by atoms with Gasteiger partial charge in [0.2, 0.25) is 0 Å². The summed E-state index contributed by atoms with van der Waals surface area (Å²) in [5, 5.41) is 0. The largest absolute Gasteiger partial charge is 0.492 e. The number of anilines is 1. The molecule has 2 aromatic heterocycles. The molecule has 3 aromatic rings. The Morgan fingerprint density at radius 3 is 2.85 bits per heavy atom. The molecule has 26 heavy (non-hydrogen) atoms. The van der Waals surface area contributed by atoms with Gasteiger partial charge < -0.3 is 19.9 Å². The lowest BCUT2D eigenvalue weighted by Gasteiger charge is -2.26. The molecule has 0 spiro atoms. The number of ether oxygens (including phenoxy) is 3. The summed E-state index contributed by atoms with van der Waals surface area (Å²) in [5.74, 6) is 1.21. The highest BCUT2D eigenvalue weighted by atomic mass is 16.5. The summed E-state index contributed by atoms with van der Waals surface area (Å²) in [6, 6.07) is 6.28. The van der Waals surface area contributed by atoms with Crippen molar-refractivity contribution in [1.82, 2.24) is 19.3 Å². The van der Waals surface area contributed by atoms with Crippen molar-refractivity contribution in [3.63, 3.8) is 0 Å². The highest BCUT2D eigenvalue weighted by molar-refractivity contribution is 5.85. The molecule has 1 aliphatic heterocycles. The molecule has 0 atom stereocenters. The number of hydrogen-bond donors (Lipinski definition) is 1. The minimum absolute atomic E-state index is 0.428. The maximum absolute atomic E-state index is 6.06. The molecule has 1 fully saturated rings. The number of aromatic nitrogens is 3. The van der Waals surface area contributed by atoms with Crippen LogP contribution in [0.2, 0.25) is 0 Å². The van der Waals surface area contributed by atoms with Crippen LogP contribution in [0.1, 0.15) is 6.92 Å². The molecule has 0 amide bonds. The van der Waals surface area contributed by atoms with Gasteiger partial charge in [0, 0.05) is 25.7 Å². The number of nitrogen functional groups attached to an aromatic ring is 1. The predicted molar refractivity (Wildman–Crippen MR) is 98.8 cm³/mol. The molecular weight excluding hydrogens is 334 g/mol. The second-order valence-corrected chi connectivity index (χ2v) is 6.14. The number of hydrogen-bond acceptors (Lipinski definition) is 7. The van der Waals surface area contributed by atoms with Gasteiger partial charge in [-0.05, 0) is 19.1 Å². The van der Waals surface area contributed by atoms with Crippen molar-refractivity contribution >= 4 is 22.4 Å². The van der Waals surface area contributed by atoms with Gasteiger partial charge in [0.25, 0.3) is 0 Å². The molecule has 138 valence electrons. The van der Waals surface area contributed by atoms with E-state index < -0.39 is 0 Å². The first-order valence-electron chi connectivity index (χ1n) is 8.88. The highest BCUT2D eigenvalue weighted by Gasteiger charge is 2.14. The van der Waals surface area contributed by atoms with Crippen LogP contribution in [0.3, 0.4) is 0 Å². The fraction of sp³-hybridized carbons (Fsp3) is 0.444. The van der Waals surface area contributed by atoms with Gasteiger partial charge in [-0.2, -0.15) is 0 Å². The van der Waals surface area contributed by atoms with E-state index in [1.165, 1.54) is 0 Å². The number of nitrogens with zero attached hydrogens (tertiary/aromatic N) is 4. The molecule has 4 rings (SSSR count). The standard InChI is InChI=1S/C18H23N5O3/c1-2-25-18-20-12-16-17(19)21-14-4-3-13(11-15(14)23(16)18)26-10-7-22-5-8-24-9-6-22/h3-4,11-12H,2,5-10H2,1H3,(H2,19,21). The van der Waals surface area contributed by atoms with Crippen LogP contribution in [0.4, 0.5) is 5.82 Å². The molecule has 0 radical (unpaired) electrons. The fourth-order valence-electron chi connectivity index (χ4n) is 3.15. The van der Waals surface area contributed by atoms with E-state index in [0.29, 0.717) is 25.0 Å². The van der Waals surface area contributed by atoms with Crippen LogP contribution in [0, 0.1) is 0 Å². The summed E-state index contributed by atoms with van der Waals surface area (Å²) in [6.45, 7) is 7.46. The minimum Gasteiger partial charge on any atom is -0.492 e. The van der Waals surface area contributed by atoms with Gasteiger partial charge in [-0.15, -0.1) is 0 Å². The molecule has 2 N–H and O–H groups in total. The van der Waals surface area contributed by atoms with E-state index in [0.717, 1.165) is 55.1 Å². The Balaban J connectivity index is 1.59. The van der Waals surface area contributed by atoms with E-state index in [-0.39, 0.29) is 0 Å². The van der Waals surface area contributed by atoms with Gasteiger partial charge in [-0.25, -0.2) is 9.97 Å². The summed E-state index contributed by atoms with van der Waals surface area (Å²) in [6.07, 6.45) is 1.68. The average molecular weight is 357 g/mol. The lowest BCUT2D eigenvalue weighted by atomic mass is 10.2. The summed E-state index contributed by atoms with van der Waals surface area (Å²) < 4.78 is 18.8. The number of nitrogens with two attached hydrogens (primary N) is 1. The first-order chi connectivity index (χ1) is 12.8. The molecule has 1 aliphatic rings. The van der Waals surface area contributed by atoms with Crippen molar-refractivity contribution in [3.8, 4) is 11.8 Å². The van der Waals surface area contributed by atoms with Gasteiger partial charge >= 0.3 is 6.01 Å². The SMILES string of the molecule is CCOc1ncc2c(N)nc3ccc(OCCN4CCOCC4)cc3n12. The Morgan fingerprint density at radius 1 is 1.19 bits per heavy atom. The zero-order chi connectivity index (χ0) is 17.9. The first-order valence-corrected chi connectivity index (χ1v) is 8.88. The molecule has 0 bridgehead atoms. The molecule has 1 aromatic carbocycles. The smallest absolute Gasteiger partial charge is 0.301 e. The number of benzene rings is 1. The Labute approximate surface area is 151 Å². The van der Waals surface area contributed by atoms with Crippen LogP contribution in [0.25, 0.3) is 16.6 Å². The van der Waals surface area contributed by atoms with Crippen LogP contribution >= 0.6 is 0 Å². The van der Waals surface area contributed by atoms with Crippen LogP contribution in [-0.4, -0.2) is 65.3 Å². The maximum atomic E-state index is 6.06. The number of imidazole rings is 1. The van der Waals surface area contributed by atoms with Crippen LogP contribution in [0.5, 0.6) is 11.8 Å². The Morgan fingerprint density at radius 2 is 2.04 bits per heavy atom. The number of rotatable bonds is 6. The maximum Gasteiger partial charge on any atom is 0.301 e. The summed E-state index contributed by atoms with van der Waals surface area (Å²) in [4.78, 5) is 11.1. The monoisotopic (exact) mass is 357 g/mol. The summed E-state index contributed by atoms with van der Waals surface area (Å²) in [5.41, 5.74) is 8.42. The molecule has 0 saturated carbocycles. The van der Waals surface area contributed by atoms with E-state index in [4.69, 9.17) is 19.9 Å². The van der Waals surface area contributed by atoms with Crippen molar-refractivity contribution in [2.45, 2.75) is 6.92 Å². The third kappa shape index (κ3) is 3.25. The van der Waals surface area contributed by atoms with E-state index in [9.17, 15) is 0 Å². The average Bonchev–Trinajstić information content (AvgIpc) is 3.08. The normalized spacial score (nSPS) is 15.6. The first kappa shape index (κ1) is 16.9. The van der Waals surface area contributed by atoms with Crippen LogP contribution in [0.15, 0.2) is 24.4 Å². The van der Waals surface area contributed by atoms with Gasteiger partial charge in [0.15, 0.2) is 0 Å². The molecule has 3 heterocycles. The second-order valence-electron chi connectivity index (χ2n) is 6.14. The minimum atomic E-state index is 0.428. The summed E-state index contributed by atoms with van der Waals surface area (Å²) in [7, 11) is 0. The molecule has 0 aliphatic carbocycles. The second kappa shape index (κ2) is 7.35. The van der Waals surface area contributed by atoms with Crippen LogP contribution < -0.4 is 15.2 Å².